The smallest absolute Gasteiger partial charge is 0.227 e. The molecule has 0 bridgehead atoms. The molecular weight excluding hydrogens is 320 g/mol. The third-order valence-corrected chi connectivity index (χ3v) is 6.83. The quantitative estimate of drug-likeness (QED) is 0.895. The van der Waals surface area contributed by atoms with Crippen LogP contribution in [0.1, 0.15) is 42.7 Å². The maximum atomic E-state index is 13.4. The fraction of sp³-hybridized carbons (Fsp3) is 0.435. The normalized spacial score (nSPS) is 33.6. The van der Waals surface area contributed by atoms with Crippen LogP contribution in [0.2, 0.25) is 0 Å². The van der Waals surface area contributed by atoms with E-state index in [-0.39, 0.29) is 11.6 Å². The van der Waals surface area contributed by atoms with Crippen molar-refractivity contribution in [3.63, 3.8) is 0 Å². The van der Waals surface area contributed by atoms with Gasteiger partial charge in [-0.25, -0.2) is 0 Å². The van der Waals surface area contributed by atoms with Gasteiger partial charge in [0.2, 0.25) is 5.91 Å². The van der Waals surface area contributed by atoms with E-state index < -0.39 is 0 Å². The summed E-state index contributed by atoms with van der Waals surface area (Å²) in [5.74, 6) is 1.39. The lowest BCUT2D eigenvalue weighted by Gasteiger charge is -2.48. The molecule has 2 aliphatic heterocycles. The number of nitrogens with one attached hydrogen (secondary N) is 1. The number of rotatable bonds is 2. The first-order valence-corrected chi connectivity index (χ1v) is 9.97. The summed E-state index contributed by atoms with van der Waals surface area (Å²) in [6, 6.07) is 21.4. The monoisotopic (exact) mass is 346 g/mol. The highest BCUT2D eigenvalue weighted by molar-refractivity contribution is 5.84. The molecular formula is C23H26N2O. The van der Waals surface area contributed by atoms with Gasteiger partial charge in [0.25, 0.3) is 0 Å². The van der Waals surface area contributed by atoms with Gasteiger partial charge >= 0.3 is 0 Å². The zero-order valence-corrected chi connectivity index (χ0v) is 15.1. The van der Waals surface area contributed by atoms with Crippen LogP contribution in [0.5, 0.6) is 0 Å². The first kappa shape index (κ1) is 16.1. The summed E-state index contributed by atoms with van der Waals surface area (Å²) >= 11 is 0. The van der Waals surface area contributed by atoms with Crippen LogP contribution in [0, 0.1) is 11.8 Å². The Kier molecular flexibility index (Phi) is 3.86. The number of fused-ring (bicyclic) bond motifs is 3. The largest absolute Gasteiger partial charge is 0.320 e. The minimum Gasteiger partial charge on any atom is -0.320 e. The highest BCUT2D eigenvalue weighted by Gasteiger charge is 2.60. The van der Waals surface area contributed by atoms with Crippen molar-refractivity contribution in [3.05, 3.63) is 71.8 Å². The molecule has 3 heteroatoms. The molecule has 4 atom stereocenters. The summed E-state index contributed by atoms with van der Waals surface area (Å²) in [7, 11) is 0. The first-order valence-electron chi connectivity index (χ1n) is 9.97. The van der Waals surface area contributed by atoms with Gasteiger partial charge in [-0.3, -0.25) is 10.1 Å². The molecule has 1 saturated carbocycles. The van der Waals surface area contributed by atoms with Crippen LogP contribution >= 0.6 is 0 Å². The first-order chi connectivity index (χ1) is 12.8. The predicted octanol–water partition coefficient (Wildman–Crippen LogP) is 3.88. The summed E-state index contributed by atoms with van der Waals surface area (Å²) in [4.78, 5) is 15.6. The Morgan fingerprint density at radius 1 is 0.962 bits per heavy atom. The van der Waals surface area contributed by atoms with Crippen LogP contribution in [0.3, 0.4) is 0 Å². The van der Waals surface area contributed by atoms with Gasteiger partial charge in [-0.15, -0.1) is 0 Å². The predicted molar refractivity (Wildman–Crippen MR) is 102 cm³/mol. The molecule has 134 valence electrons. The van der Waals surface area contributed by atoms with Gasteiger partial charge in [0, 0.05) is 18.4 Å². The van der Waals surface area contributed by atoms with Crippen molar-refractivity contribution in [2.45, 2.75) is 37.3 Å². The molecule has 3 fully saturated rings. The Morgan fingerprint density at radius 2 is 1.69 bits per heavy atom. The summed E-state index contributed by atoms with van der Waals surface area (Å²) in [5.41, 5.74) is 2.37. The van der Waals surface area contributed by atoms with Crippen molar-refractivity contribution in [1.82, 2.24) is 10.2 Å². The van der Waals surface area contributed by atoms with Gasteiger partial charge in [-0.05, 0) is 49.3 Å². The zero-order chi connectivity index (χ0) is 17.6. The molecule has 0 spiro atoms. The number of carbonyl (C=O) groups excluding carboxylic acids is 1. The Morgan fingerprint density at radius 3 is 2.46 bits per heavy atom. The lowest BCUT2D eigenvalue weighted by atomic mass is 9.68. The molecule has 2 aromatic rings. The van der Waals surface area contributed by atoms with Crippen molar-refractivity contribution in [2.75, 3.05) is 13.1 Å². The summed E-state index contributed by atoms with van der Waals surface area (Å²) in [6.07, 6.45) is 4.30. The van der Waals surface area contributed by atoms with E-state index in [1.807, 2.05) is 0 Å². The topological polar surface area (TPSA) is 32.3 Å². The van der Waals surface area contributed by atoms with Gasteiger partial charge in [-0.1, -0.05) is 60.7 Å². The van der Waals surface area contributed by atoms with Crippen molar-refractivity contribution in [1.29, 1.82) is 0 Å². The Bertz CT molecular complexity index is 790. The fourth-order valence-corrected chi connectivity index (χ4v) is 5.74. The molecule has 2 saturated heterocycles. The van der Waals surface area contributed by atoms with Gasteiger partial charge < -0.3 is 4.90 Å². The number of hydrogen-bond donors (Lipinski definition) is 1. The average Bonchev–Trinajstić information content (AvgIpc) is 2.99. The molecule has 1 N–H and O–H groups in total. The van der Waals surface area contributed by atoms with E-state index in [4.69, 9.17) is 0 Å². The standard InChI is InChI=1S/C23H26N2O/c26-22-20-16-18(17-8-3-1-4-9-17)12-13-21(20)23(19-10-5-2-6-11-19)24-14-7-15-25(22)23/h1-6,8-11,18,20-21,24H,7,12-16H2/t18-,20+,21-,23+/m0/s1. The molecule has 5 rings (SSSR count). The maximum absolute atomic E-state index is 13.4. The molecule has 2 heterocycles. The van der Waals surface area contributed by atoms with E-state index >= 15 is 0 Å². The SMILES string of the molecule is O=C1[C@@H]2C[C@@H](c3ccccc3)CC[C@@H]2[C@]2(c3ccccc3)NCCCN12. The molecule has 3 aliphatic rings. The van der Waals surface area contributed by atoms with Crippen LogP contribution in [0.15, 0.2) is 60.7 Å². The van der Waals surface area contributed by atoms with Crippen LogP contribution in [0.25, 0.3) is 0 Å². The third-order valence-electron chi connectivity index (χ3n) is 6.83. The number of nitrogens with zero attached hydrogens (tertiary/aromatic N) is 1. The number of hydrogen-bond acceptors (Lipinski definition) is 2. The molecule has 0 unspecified atom stereocenters. The Hall–Kier alpha value is -2.13. The molecule has 26 heavy (non-hydrogen) atoms. The highest BCUT2D eigenvalue weighted by Crippen LogP contribution is 2.54. The molecule has 1 amide bonds. The Balaban J connectivity index is 1.53. The maximum Gasteiger partial charge on any atom is 0.227 e. The fourth-order valence-electron chi connectivity index (χ4n) is 5.74. The molecule has 2 aromatic carbocycles. The van der Waals surface area contributed by atoms with Gasteiger partial charge in [0.1, 0.15) is 5.66 Å². The van der Waals surface area contributed by atoms with E-state index in [0.717, 1.165) is 32.4 Å². The average molecular weight is 346 g/mol. The minimum atomic E-state index is -0.289. The van der Waals surface area contributed by atoms with Gasteiger partial charge in [0.05, 0.1) is 0 Å². The lowest BCUT2D eigenvalue weighted by Crippen LogP contribution is -2.61. The number of carbonyl (C=O) groups is 1. The second-order valence-electron chi connectivity index (χ2n) is 8.04. The van der Waals surface area contributed by atoms with Crippen LogP contribution in [0.4, 0.5) is 0 Å². The number of amides is 1. The van der Waals surface area contributed by atoms with Crippen molar-refractivity contribution >= 4 is 5.91 Å². The van der Waals surface area contributed by atoms with Crippen LogP contribution in [-0.2, 0) is 10.5 Å². The van der Waals surface area contributed by atoms with Gasteiger partial charge in [-0.2, -0.15) is 0 Å². The van der Waals surface area contributed by atoms with E-state index in [9.17, 15) is 4.79 Å². The van der Waals surface area contributed by atoms with E-state index in [0.29, 0.717) is 17.7 Å². The summed E-state index contributed by atoms with van der Waals surface area (Å²) in [6.45, 7) is 1.87. The van der Waals surface area contributed by atoms with E-state index in [2.05, 4.69) is 70.9 Å². The van der Waals surface area contributed by atoms with E-state index in [1.165, 1.54) is 17.5 Å². The summed E-state index contributed by atoms with van der Waals surface area (Å²) < 4.78 is 0. The van der Waals surface area contributed by atoms with Crippen molar-refractivity contribution in [2.24, 2.45) is 11.8 Å². The molecule has 3 nitrogen and oxygen atoms in total. The van der Waals surface area contributed by atoms with Crippen LogP contribution < -0.4 is 5.32 Å². The Labute approximate surface area is 155 Å². The van der Waals surface area contributed by atoms with Crippen molar-refractivity contribution < 1.29 is 4.79 Å². The third kappa shape index (κ3) is 2.26. The summed E-state index contributed by atoms with van der Waals surface area (Å²) in [5, 5.41) is 3.80. The minimum absolute atomic E-state index is 0.139. The second-order valence-corrected chi connectivity index (χ2v) is 8.04. The molecule has 0 radical (unpaired) electrons. The van der Waals surface area contributed by atoms with Gasteiger partial charge in [0.15, 0.2) is 0 Å². The van der Waals surface area contributed by atoms with Crippen molar-refractivity contribution in [3.8, 4) is 0 Å². The molecule has 1 aliphatic carbocycles. The second kappa shape index (κ2) is 6.24. The molecule has 0 aromatic heterocycles. The zero-order valence-electron chi connectivity index (χ0n) is 15.1. The number of benzene rings is 2. The van der Waals surface area contributed by atoms with Crippen LogP contribution in [-0.4, -0.2) is 23.9 Å². The lowest BCUT2D eigenvalue weighted by molar-refractivity contribution is -0.136. The highest BCUT2D eigenvalue weighted by atomic mass is 16.2. The van der Waals surface area contributed by atoms with E-state index in [1.54, 1.807) is 0 Å².